The van der Waals surface area contributed by atoms with Gasteiger partial charge in [-0.1, -0.05) is 26.7 Å². The molecule has 0 spiro atoms. The molecule has 1 N–H and O–H groups in total. The summed E-state index contributed by atoms with van der Waals surface area (Å²) in [6.45, 7) is 9.31. The summed E-state index contributed by atoms with van der Waals surface area (Å²) in [5, 5.41) is 0. The number of carbonyl (C=O) groups excluding carboxylic acids is 2. The predicted octanol–water partition coefficient (Wildman–Crippen LogP) is 3.46. The van der Waals surface area contributed by atoms with E-state index in [9.17, 15) is 9.59 Å². The van der Waals surface area contributed by atoms with Crippen LogP contribution in [-0.4, -0.2) is 42.0 Å². The van der Waals surface area contributed by atoms with E-state index in [4.69, 9.17) is 4.74 Å². The zero-order chi connectivity index (χ0) is 16.7. The largest absolute Gasteiger partial charge is 0.465 e. The highest BCUT2D eigenvalue weighted by Crippen LogP contribution is 2.20. The molecule has 0 aromatic carbocycles. The highest BCUT2D eigenvalue weighted by Gasteiger charge is 2.25. The van der Waals surface area contributed by atoms with Gasteiger partial charge in [0, 0.05) is 18.8 Å². The van der Waals surface area contributed by atoms with E-state index in [-0.39, 0.29) is 5.91 Å². The molecule has 0 atom stereocenters. The first-order chi connectivity index (χ1) is 10.5. The van der Waals surface area contributed by atoms with Gasteiger partial charge in [-0.3, -0.25) is 4.79 Å². The van der Waals surface area contributed by atoms with Crippen molar-refractivity contribution in [1.29, 1.82) is 0 Å². The summed E-state index contributed by atoms with van der Waals surface area (Å²) in [6.07, 6.45) is 4.06. The van der Waals surface area contributed by atoms with Crippen molar-refractivity contribution >= 4 is 11.9 Å². The van der Waals surface area contributed by atoms with Crippen molar-refractivity contribution in [2.45, 2.75) is 53.4 Å². The topological polar surface area (TPSA) is 62.4 Å². The molecular formula is C17H28N2O3. The van der Waals surface area contributed by atoms with E-state index in [1.165, 1.54) is 7.11 Å². The van der Waals surface area contributed by atoms with E-state index in [1.807, 2.05) is 4.90 Å². The summed E-state index contributed by atoms with van der Waals surface area (Å²) in [6, 6.07) is 0. The second-order valence-corrected chi connectivity index (χ2v) is 5.62. The van der Waals surface area contributed by atoms with Crippen LogP contribution in [0.2, 0.25) is 0 Å². The fraction of sp³-hybridized carbons (Fsp3) is 0.647. The summed E-state index contributed by atoms with van der Waals surface area (Å²) in [7, 11) is 1.35. The monoisotopic (exact) mass is 308 g/mol. The lowest BCUT2D eigenvalue weighted by molar-refractivity contribution is 0.0599. The van der Waals surface area contributed by atoms with Gasteiger partial charge in [0.2, 0.25) is 0 Å². The number of H-pyrrole nitrogens is 1. The Morgan fingerprint density at radius 2 is 1.64 bits per heavy atom. The van der Waals surface area contributed by atoms with Crippen LogP contribution in [0.4, 0.5) is 0 Å². The van der Waals surface area contributed by atoms with Gasteiger partial charge in [0.15, 0.2) is 0 Å². The quantitative estimate of drug-likeness (QED) is 0.748. The first-order valence-electron chi connectivity index (χ1n) is 8.04. The summed E-state index contributed by atoms with van der Waals surface area (Å²) in [4.78, 5) is 29.6. The minimum absolute atomic E-state index is 0.0300. The molecule has 124 valence electrons. The summed E-state index contributed by atoms with van der Waals surface area (Å²) < 4.78 is 4.80. The normalized spacial score (nSPS) is 10.6. The number of esters is 1. The minimum atomic E-state index is -0.404. The van der Waals surface area contributed by atoms with Gasteiger partial charge >= 0.3 is 5.97 Å². The lowest BCUT2D eigenvalue weighted by Gasteiger charge is -2.22. The average molecular weight is 308 g/mol. The number of aromatic nitrogens is 1. The SMILES string of the molecule is CCCCN(CCCC)C(=O)c1[nH]c(C)c(C(=O)OC)c1C. The smallest absolute Gasteiger partial charge is 0.339 e. The second-order valence-electron chi connectivity index (χ2n) is 5.62. The van der Waals surface area contributed by atoms with E-state index in [0.717, 1.165) is 38.8 Å². The van der Waals surface area contributed by atoms with Gasteiger partial charge < -0.3 is 14.6 Å². The number of aromatic amines is 1. The van der Waals surface area contributed by atoms with Crippen LogP contribution < -0.4 is 0 Å². The Kier molecular flexibility index (Phi) is 7.15. The number of nitrogens with one attached hydrogen (secondary N) is 1. The number of amides is 1. The maximum Gasteiger partial charge on any atom is 0.339 e. The number of rotatable bonds is 8. The first kappa shape index (κ1) is 18.3. The highest BCUT2D eigenvalue weighted by molar-refractivity contribution is 6.00. The molecule has 1 aromatic heterocycles. The zero-order valence-electron chi connectivity index (χ0n) is 14.4. The molecule has 0 unspecified atom stereocenters. The lowest BCUT2D eigenvalue weighted by atomic mass is 10.1. The highest BCUT2D eigenvalue weighted by atomic mass is 16.5. The molecule has 1 rings (SSSR count). The van der Waals surface area contributed by atoms with Crippen LogP contribution in [0.3, 0.4) is 0 Å². The van der Waals surface area contributed by atoms with Crippen molar-refractivity contribution in [3.8, 4) is 0 Å². The number of methoxy groups -OCH3 is 1. The molecule has 0 radical (unpaired) electrons. The molecule has 0 fully saturated rings. The van der Waals surface area contributed by atoms with E-state index < -0.39 is 5.97 Å². The molecule has 5 heteroatoms. The third-order valence-corrected chi connectivity index (χ3v) is 3.89. The zero-order valence-corrected chi connectivity index (χ0v) is 14.4. The van der Waals surface area contributed by atoms with E-state index in [1.54, 1.807) is 13.8 Å². The number of carbonyl (C=O) groups is 2. The number of aryl methyl sites for hydroxylation is 1. The number of unbranched alkanes of at least 4 members (excludes halogenated alkanes) is 2. The van der Waals surface area contributed by atoms with Gasteiger partial charge in [0.25, 0.3) is 5.91 Å². The third kappa shape index (κ3) is 4.12. The molecule has 0 aliphatic heterocycles. The van der Waals surface area contributed by atoms with Crippen LogP contribution in [0.5, 0.6) is 0 Å². The van der Waals surface area contributed by atoms with Crippen LogP contribution in [0, 0.1) is 13.8 Å². The van der Waals surface area contributed by atoms with Gasteiger partial charge in [-0.15, -0.1) is 0 Å². The number of ether oxygens (including phenoxy) is 1. The van der Waals surface area contributed by atoms with Crippen LogP contribution in [0.15, 0.2) is 0 Å². The summed E-state index contributed by atoms with van der Waals surface area (Å²) in [5.41, 5.74) is 2.33. The molecule has 0 saturated heterocycles. The lowest BCUT2D eigenvalue weighted by Crippen LogP contribution is -2.33. The second kappa shape index (κ2) is 8.61. The Balaban J connectivity index is 3.05. The Morgan fingerprint density at radius 3 is 2.09 bits per heavy atom. The van der Waals surface area contributed by atoms with Crippen molar-refractivity contribution in [3.05, 3.63) is 22.5 Å². The van der Waals surface area contributed by atoms with Crippen LogP contribution in [0.1, 0.15) is 71.6 Å². The molecule has 0 aliphatic carbocycles. The van der Waals surface area contributed by atoms with Gasteiger partial charge in [-0.25, -0.2) is 4.79 Å². The summed E-state index contributed by atoms with van der Waals surface area (Å²) in [5.74, 6) is -0.434. The molecule has 1 aromatic rings. The Bertz CT molecular complexity index is 512. The van der Waals surface area contributed by atoms with Crippen LogP contribution >= 0.6 is 0 Å². The summed E-state index contributed by atoms with van der Waals surface area (Å²) >= 11 is 0. The van der Waals surface area contributed by atoms with Crippen LogP contribution in [0.25, 0.3) is 0 Å². The number of hydrogen-bond acceptors (Lipinski definition) is 3. The Labute approximate surface area is 133 Å². The van der Waals surface area contributed by atoms with Gasteiger partial charge in [-0.2, -0.15) is 0 Å². The molecule has 1 heterocycles. The third-order valence-electron chi connectivity index (χ3n) is 3.89. The molecule has 1 amide bonds. The van der Waals surface area contributed by atoms with Crippen molar-refractivity contribution in [2.75, 3.05) is 20.2 Å². The van der Waals surface area contributed by atoms with Crippen molar-refractivity contribution < 1.29 is 14.3 Å². The molecular weight excluding hydrogens is 280 g/mol. The standard InChI is InChI=1S/C17H28N2O3/c1-6-8-10-19(11-9-7-2)16(20)15-12(3)14(13(4)18-15)17(21)22-5/h18H,6-11H2,1-5H3. The maximum absolute atomic E-state index is 12.8. The predicted molar refractivity (Wildman–Crippen MR) is 87.3 cm³/mol. The van der Waals surface area contributed by atoms with Crippen molar-refractivity contribution in [2.24, 2.45) is 0 Å². The molecule has 0 bridgehead atoms. The molecule has 5 nitrogen and oxygen atoms in total. The van der Waals surface area contributed by atoms with Gasteiger partial charge in [0.05, 0.1) is 12.7 Å². The van der Waals surface area contributed by atoms with E-state index in [0.29, 0.717) is 22.5 Å². The van der Waals surface area contributed by atoms with E-state index in [2.05, 4.69) is 18.8 Å². The van der Waals surface area contributed by atoms with Crippen molar-refractivity contribution in [3.63, 3.8) is 0 Å². The molecule has 22 heavy (non-hydrogen) atoms. The fourth-order valence-electron chi connectivity index (χ4n) is 2.54. The molecule has 0 saturated carbocycles. The van der Waals surface area contributed by atoms with E-state index >= 15 is 0 Å². The van der Waals surface area contributed by atoms with Crippen LogP contribution in [-0.2, 0) is 4.74 Å². The number of hydrogen-bond donors (Lipinski definition) is 1. The van der Waals surface area contributed by atoms with Gasteiger partial charge in [0.1, 0.15) is 5.69 Å². The van der Waals surface area contributed by atoms with Gasteiger partial charge in [-0.05, 0) is 32.3 Å². The Morgan fingerprint density at radius 1 is 1.09 bits per heavy atom. The number of nitrogens with zero attached hydrogens (tertiary/aromatic N) is 1. The molecule has 0 aliphatic rings. The minimum Gasteiger partial charge on any atom is -0.465 e. The maximum atomic E-state index is 12.8. The Hall–Kier alpha value is -1.78. The van der Waals surface area contributed by atoms with Crippen molar-refractivity contribution in [1.82, 2.24) is 9.88 Å². The average Bonchev–Trinajstić information content (AvgIpc) is 2.81. The first-order valence-corrected chi connectivity index (χ1v) is 8.04. The fourth-order valence-corrected chi connectivity index (χ4v) is 2.54.